The third-order valence-corrected chi connectivity index (χ3v) is 0.811. The van der Waals surface area contributed by atoms with Gasteiger partial charge in [-0.1, -0.05) is 0 Å². The zero-order valence-electron chi connectivity index (χ0n) is 8.43. The summed E-state index contributed by atoms with van der Waals surface area (Å²) >= 11 is 0. The minimum atomic E-state index is 0.623. The molecule has 0 aromatic carbocycles. The highest BCUT2D eigenvalue weighted by molar-refractivity contribution is 4.97. The molecule has 0 rings (SSSR count). The lowest BCUT2D eigenvalue weighted by Gasteiger charge is -1.85. The van der Waals surface area contributed by atoms with E-state index in [2.05, 4.69) is 9.47 Å². The molecule has 4 heteroatoms. The molecule has 0 aliphatic rings. The third kappa shape index (κ3) is 22.5. The summed E-state index contributed by atoms with van der Waals surface area (Å²) in [6, 6.07) is 3.59. The zero-order valence-corrected chi connectivity index (χ0v) is 8.43. The molecule has 0 fully saturated rings. The topological polar surface area (TPSA) is 66.0 Å². The van der Waals surface area contributed by atoms with E-state index in [0.29, 0.717) is 13.2 Å². The molecule has 0 saturated carbocycles. The highest BCUT2D eigenvalue weighted by Crippen LogP contribution is 1.72. The van der Waals surface area contributed by atoms with Gasteiger partial charge in [-0.2, -0.15) is 10.5 Å². The van der Waals surface area contributed by atoms with Crippen LogP contribution in [0.4, 0.5) is 0 Å². The average Bonchev–Trinajstić information content (AvgIpc) is 2.21. The predicted molar refractivity (Wildman–Crippen MR) is 52.8 cm³/mol. The Morgan fingerprint density at radius 1 is 0.929 bits per heavy atom. The lowest BCUT2D eigenvalue weighted by Crippen LogP contribution is -1.74. The van der Waals surface area contributed by atoms with Gasteiger partial charge < -0.3 is 9.47 Å². The van der Waals surface area contributed by atoms with Crippen LogP contribution in [0.15, 0.2) is 24.7 Å². The van der Waals surface area contributed by atoms with Crippen LogP contribution in [0.3, 0.4) is 0 Å². The Labute approximate surface area is 84.7 Å². The first-order valence-electron chi connectivity index (χ1n) is 4.15. The number of hydrogen-bond acceptors (Lipinski definition) is 4. The molecule has 0 spiro atoms. The molecule has 4 nitrogen and oxygen atoms in total. The molecule has 0 heterocycles. The highest BCUT2D eigenvalue weighted by atomic mass is 16.5. The van der Waals surface area contributed by atoms with Crippen molar-refractivity contribution >= 4 is 0 Å². The third-order valence-electron chi connectivity index (χ3n) is 0.811. The largest absolute Gasteiger partial charge is 0.501 e. The van der Waals surface area contributed by atoms with Crippen molar-refractivity contribution in [1.82, 2.24) is 0 Å². The van der Waals surface area contributed by atoms with Crippen LogP contribution in [0.2, 0.25) is 0 Å². The van der Waals surface area contributed by atoms with Gasteiger partial charge in [0.05, 0.1) is 50.0 Å². The Morgan fingerprint density at radius 3 is 1.50 bits per heavy atom. The first-order valence-corrected chi connectivity index (χ1v) is 4.15. The van der Waals surface area contributed by atoms with Crippen LogP contribution in [0.1, 0.15) is 13.8 Å². The van der Waals surface area contributed by atoms with Gasteiger partial charge in [0.15, 0.2) is 0 Å². The Bertz CT molecular complexity index is 207. The Balaban J connectivity index is 0. The summed E-state index contributed by atoms with van der Waals surface area (Å²) in [7, 11) is 0. The average molecular weight is 194 g/mol. The summed E-state index contributed by atoms with van der Waals surface area (Å²) in [6.45, 7) is 4.97. The van der Waals surface area contributed by atoms with Crippen LogP contribution in [-0.2, 0) is 9.47 Å². The Kier molecular flexibility index (Phi) is 17.9. The fourth-order valence-corrected chi connectivity index (χ4v) is 0.350. The first kappa shape index (κ1) is 14.6. The minimum Gasteiger partial charge on any atom is -0.501 e. The van der Waals surface area contributed by atoms with Crippen LogP contribution < -0.4 is 0 Å². The molecule has 0 bridgehead atoms. The van der Waals surface area contributed by atoms with E-state index in [0.717, 1.165) is 0 Å². The van der Waals surface area contributed by atoms with Gasteiger partial charge in [0, 0.05) is 0 Å². The van der Waals surface area contributed by atoms with Crippen LogP contribution in [0, 0.1) is 22.7 Å². The van der Waals surface area contributed by atoms with Crippen molar-refractivity contribution in [2.45, 2.75) is 13.8 Å². The molecule has 0 atom stereocenters. The second-order valence-electron chi connectivity index (χ2n) is 1.77. The maximum absolute atomic E-state index is 7.88. The van der Waals surface area contributed by atoms with E-state index in [1.807, 2.05) is 13.8 Å². The SMILES string of the molecule is CCOC=CC#N.CCOC=CC#N. The van der Waals surface area contributed by atoms with Crippen molar-refractivity contribution in [2.24, 2.45) is 0 Å². The zero-order chi connectivity index (χ0) is 11.1. The van der Waals surface area contributed by atoms with Crippen molar-refractivity contribution in [3.05, 3.63) is 24.7 Å². The number of ether oxygens (including phenoxy) is 2. The normalized spacial score (nSPS) is 8.57. The quantitative estimate of drug-likeness (QED) is 0.508. The minimum absolute atomic E-state index is 0.623. The van der Waals surface area contributed by atoms with Crippen LogP contribution >= 0.6 is 0 Å². The van der Waals surface area contributed by atoms with Crippen molar-refractivity contribution in [1.29, 1.82) is 10.5 Å². The number of allylic oxidation sites excluding steroid dienone is 2. The van der Waals surface area contributed by atoms with E-state index in [9.17, 15) is 0 Å². The maximum Gasteiger partial charge on any atom is 0.0944 e. The van der Waals surface area contributed by atoms with Crippen molar-refractivity contribution in [3.8, 4) is 12.1 Å². The number of nitriles is 2. The second-order valence-corrected chi connectivity index (χ2v) is 1.77. The predicted octanol–water partition coefficient (Wildman–Crippen LogP) is 2.12. The van der Waals surface area contributed by atoms with Gasteiger partial charge in [0.25, 0.3) is 0 Å². The highest BCUT2D eigenvalue weighted by Gasteiger charge is 1.64. The molecule has 0 amide bonds. The molecule has 0 aromatic rings. The van der Waals surface area contributed by atoms with Gasteiger partial charge in [-0.05, 0) is 13.8 Å². The van der Waals surface area contributed by atoms with Gasteiger partial charge in [-0.3, -0.25) is 0 Å². The molecule has 0 aromatic heterocycles. The van der Waals surface area contributed by atoms with E-state index in [4.69, 9.17) is 10.5 Å². The Morgan fingerprint density at radius 2 is 1.29 bits per heavy atom. The van der Waals surface area contributed by atoms with E-state index in [1.165, 1.54) is 24.7 Å². The molecule has 0 radical (unpaired) electrons. The summed E-state index contributed by atoms with van der Waals surface area (Å²) in [4.78, 5) is 0. The van der Waals surface area contributed by atoms with E-state index >= 15 is 0 Å². The molecule has 0 aliphatic heterocycles. The second kappa shape index (κ2) is 17.2. The summed E-state index contributed by atoms with van der Waals surface area (Å²) in [6.07, 6.45) is 5.34. The van der Waals surface area contributed by atoms with E-state index in [-0.39, 0.29) is 0 Å². The van der Waals surface area contributed by atoms with Gasteiger partial charge in [-0.15, -0.1) is 0 Å². The number of nitrogens with zero attached hydrogens (tertiary/aromatic N) is 2. The standard InChI is InChI=1S/2C5H7NO/c2*1-2-7-5-3-4-6/h2*3,5H,2H2,1H3. The van der Waals surface area contributed by atoms with Crippen LogP contribution in [-0.4, -0.2) is 13.2 Å². The van der Waals surface area contributed by atoms with Crippen molar-refractivity contribution in [2.75, 3.05) is 13.2 Å². The van der Waals surface area contributed by atoms with Crippen LogP contribution in [0.5, 0.6) is 0 Å². The number of rotatable bonds is 4. The lowest BCUT2D eigenvalue weighted by molar-refractivity contribution is 0.269. The monoisotopic (exact) mass is 194 g/mol. The fourth-order valence-electron chi connectivity index (χ4n) is 0.350. The molecule has 14 heavy (non-hydrogen) atoms. The summed E-state index contributed by atoms with van der Waals surface area (Å²) in [5, 5.41) is 15.8. The molecule has 0 aliphatic carbocycles. The van der Waals surface area contributed by atoms with Crippen LogP contribution in [0.25, 0.3) is 0 Å². The Hall–Kier alpha value is -1.94. The van der Waals surface area contributed by atoms with Crippen molar-refractivity contribution < 1.29 is 9.47 Å². The molecule has 76 valence electrons. The van der Waals surface area contributed by atoms with E-state index < -0.39 is 0 Å². The summed E-state index contributed by atoms with van der Waals surface area (Å²) in [5.41, 5.74) is 0. The first-order chi connectivity index (χ1) is 6.83. The van der Waals surface area contributed by atoms with Gasteiger partial charge in [-0.25, -0.2) is 0 Å². The summed E-state index contributed by atoms with van der Waals surface area (Å²) in [5.74, 6) is 0. The lowest BCUT2D eigenvalue weighted by atomic mass is 10.7. The van der Waals surface area contributed by atoms with Gasteiger partial charge in [0.1, 0.15) is 0 Å². The van der Waals surface area contributed by atoms with Crippen molar-refractivity contribution in [3.63, 3.8) is 0 Å². The fraction of sp³-hybridized carbons (Fsp3) is 0.400. The van der Waals surface area contributed by atoms with Gasteiger partial charge >= 0.3 is 0 Å². The van der Waals surface area contributed by atoms with Gasteiger partial charge in [0.2, 0.25) is 0 Å². The molecule has 0 saturated heterocycles. The maximum atomic E-state index is 7.88. The molecular weight excluding hydrogens is 180 g/mol. The molecule has 0 N–H and O–H groups in total. The smallest absolute Gasteiger partial charge is 0.0944 e. The van der Waals surface area contributed by atoms with E-state index in [1.54, 1.807) is 12.1 Å². The molecular formula is C10H14N2O2. The summed E-state index contributed by atoms with van der Waals surface area (Å²) < 4.78 is 9.34. The molecule has 0 unspecified atom stereocenters. The number of hydrogen-bond donors (Lipinski definition) is 0.